The highest BCUT2D eigenvalue weighted by Crippen LogP contribution is 2.12. The number of aryl methyl sites for hydroxylation is 1. The lowest BCUT2D eigenvalue weighted by atomic mass is 10.0. The standard InChI is InChI=1S/C10H14FN/c1-7-4-3-5-9(10(7)11)6-8(2)12/h3-5,8H,6,12H2,1-2H3. The molecular formula is C10H14FN. The summed E-state index contributed by atoms with van der Waals surface area (Å²) in [7, 11) is 0. The summed E-state index contributed by atoms with van der Waals surface area (Å²) in [5, 5.41) is 0. The Labute approximate surface area is 72.4 Å². The molecule has 0 radical (unpaired) electrons. The van der Waals surface area contributed by atoms with Gasteiger partial charge in [0.05, 0.1) is 0 Å². The molecule has 1 nitrogen and oxygen atoms in total. The van der Waals surface area contributed by atoms with Crippen LogP contribution in [0.3, 0.4) is 0 Å². The lowest BCUT2D eigenvalue weighted by Gasteiger charge is -2.07. The fraction of sp³-hybridized carbons (Fsp3) is 0.400. The van der Waals surface area contributed by atoms with Crippen LogP contribution in [0.15, 0.2) is 18.2 Å². The Morgan fingerprint density at radius 1 is 1.50 bits per heavy atom. The van der Waals surface area contributed by atoms with Crippen molar-refractivity contribution < 1.29 is 4.39 Å². The molecule has 1 unspecified atom stereocenters. The summed E-state index contributed by atoms with van der Waals surface area (Å²) in [4.78, 5) is 0. The molecule has 0 spiro atoms. The van der Waals surface area contributed by atoms with Crippen LogP contribution < -0.4 is 5.73 Å². The normalized spacial score (nSPS) is 13.0. The predicted molar refractivity (Wildman–Crippen MR) is 48.5 cm³/mol. The van der Waals surface area contributed by atoms with Gasteiger partial charge in [-0.3, -0.25) is 0 Å². The van der Waals surface area contributed by atoms with Gasteiger partial charge in [0.1, 0.15) is 5.82 Å². The molecule has 1 aromatic carbocycles. The third-order valence-electron chi connectivity index (χ3n) is 1.81. The molecule has 0 fully saturated rings. The van der Waals surface area contributed by atoms with Gasteiger partial charge < -0.3 is 5.73 Å². The summed E-state index contributed by atoms with van der Waals surface area (Å²) < 4.78 is 13.3. The SMILES string of the molecule is Cc1cccc(CC(C)N)c1F. The third kappa shape index (κ3) is 2.05. The van der Waals surface area contributed by atoms with E-state index >= 15 is 0 Å². The highest BCUT2D eigenvalue weighted by molar-refractivity contribution is 5.25. The van der Waals surface area contributed by atoms with E-state index < -0.39 is 0 Å². The van der Waals surface area contributed by atoms with Crippen LogP contribution in [-0.2, 0) is 6.42 Å². The average Bonchev–Trinajstić information content (AvgIpc) is 1.98. The first kappa shape index (κ1) is 9.20. The second kappa shape index (κ2) is 3.68. The molecule has 0 aromatic heterocycles. The first-order chi connectivity index (χ1) is 5.61. The zero-order valence-corrected chi connectivity index (χ0v) is 7.47. The van der Waals surface area contributed by atoms with E-state index in [1.807, 2.05) is 13.0 Å². The smallest absolute Gasteiger partial charge is 0.129 e. The Balaban J connectivity index is 2.92. The summed E-state index contributed by atoms with van der Waals surface area (Å²) in [6.07, 6.45) is 0.605. The summed E-state index contributed by atoms with van der Waals surface area (Å²) in [5.41, 5.74) is 6.98. The van der Waals surface area contributed by atoms with Crippen LogP contribution in [0.2, 0.25) is 0 Å². The first-order valence-corrected chi connectivity index (χ1v) is 4.11. The minimum absolute atomic E-state index is 0.0151. The van der Waals surface area contributed by atoms with Gasteiger partial charge in [0.15, 0.2) is 0 Å². The summed E-state index contributed by atoms with van der Waals surface area (Å²) in [5.74, 6) is -0.116. The molecule has 1 atom stereocenters. The number of nitrogens with two attached hydrogens (primary N) is 1. The van der Waals surface area contributed by atoms with Gasteiger partial charge in [-0.15, -0.1) is 0 Å². The maximum Gasteiger partial charge on any atom is 0.129 e. The van der Waals surface area contributed by atoms with Crippen molar-refractivity contribution in [2.45, 2.75) is 26.3 Å². The van der Waals surface area contributed by atoms with Gasteiger partial charge >= 0.3 is 0 Å². The molecule has 0 saturated carbocycles. The Bertz CT molecular complexity index is 269. The predicted octanol–water partition coefficient (Wildman–Crippen LogP) is 2.02. The maximum atomic E-state index is 13.3. The lowest BCUT2D eigenvalue weighted by Crippen LogP contribution is -2.18. The number of hydrogen-bond donors (Lipinski definition) is 1. The van der Waals surface area contributed by atoms with Crippen LogP contribution in [0, 0.1) is 12.7 Å². The van der Waals surface area contributed by atoms with Crippen molar-refractivity contribution in [3.8, 4) is 0 Å². The average molecular weight is 167 g/mol. The van der Waals surface area contributed by atoms with Crippen molar-refractivity contribution in [2.24, 2.45) is 5.73 Å². The molecule has 0 heterocycles. The molecule has 2 heteroatoms. The summed E-state index contributed by atoms with van der Waals surface area (Å²) >= 11 is 0. The van der Waals surface area contributed by atoms with Crippen molar-refractivity contribution >= 4 is 0 Å². The van der Waals surface area contributed by atoms with Crippen LogP contribution in [0.4, 0.5) is 4.39 Å². The van der Waals surface area contributed by atoms with Gasteiger partial charge in [-0.05, 0) is 31.4 Å². The molecule has 2 N–H and O–H groups in total. The molecule has 0 aliphatic heterocycles. The molecule has 0 aliphatic carbocycles. The van der Waals surface area contributed by atoms with Gasteiger partial charge in [-0.1, -0.05) is 18.2 Å². The topological polar surface area (TPSA) is 26.0 Å². The summed E-state index contributed by atoms with van der Waals surface area (Å²) in [6.45, 7) is 3.64. The molecule has 1 aromatic rings. The number of benzene rings is 1. The van der Waals surface area contributed by atoms with Crippen LogP contribution in [-0.4, -0.2) is 6.04 Å². The second-order valence-electron chi connectivity index (χ2n) is 3.23. The van der Waals surface area contributed by atoms with Crippen molar-refractivity contribution in [1.29, 1.82) is 0 Å². The van der Waals surface area contributed by atoms with Gasteiger partial charge in [-0.25, -0.2) is 4.39 Å². The maximum absolute atomic E-state index is 13.3. The monoisotopic (exact) mass is 167 g/mol. The van der Waals surface area contributed by atoms with Gasteiger partial charge in [0, 0.05) is 6.04 Å². The van der Waals surface area contributed by atoms with E-state index in [-0.39, 0.29) is 11.9 Å². The van der Waals surface area contributed by atoms with E-state index in [0.717, 1.165) is 0 Å². The fourth-order valence-electron chi connectivity index (χ4n) is 1.21. The van der Waals surface area contributed by atoms with E-state index in [2.05, 4.69) is 0 Å². The van der Waals surface area contributed by atoms with E-state index in [0.29, 0.717) is 17.5 Å². The van der Waals surface area contributed by atoms with Gasteiger partial charge in [0.2, 0.25) is 0 Å². The second-order valence-corrected chi connectivity index (χ2v) is 3.23. The van der Waals surface area contributed by atoms with E-state index in [9.17, 15) is 4.39 Å². The minimum Gasteiger partial charge on any atom is -0.328 e. The van der Waals surface area contributed by atoms with Crippen LogP contribution >= 0.6 is 0 Å². The molecular weight excluding hydrogens is 153 g/mol. The molecule has 0 bridgehead atoms. The fourth-order valence-corrected chi connectivity index (χ4v) is 1.21. The zero-order valence-electron chi connectivity index (χ0n) is 7.47. The van der Waals surface area contributed by atoms with Crippen LogP contribution in [0.1, 0.15) is 18.1 Å². The largest absolute Gasteiger partial charge is 0.328 e. The van der Waals surface area contributed by atoms with Gasteiger partial charge in [0.25, 0.3) is 0 Å². The van der Waals surface area contributed by atoms with E-state index in [1.54, 1.807) is 19.1 Å². The number of hydrogen-bond acceptors (Lipinski definition) is 1. The molecule has 0 aliphatic rings. The third-order valence-corrected chi connectivity index (χ3v) is 1.81. The van der Waals surface area contributed by atoms with Crippen molar-refractivity contribution in [3.05, 3.63) is 35.1 Å². The van der Waals surface area contributed by atoms with Gasteiger partial charge in [-0.2, -0.15) is 0 Å². The lowest BCUT2D eigenvalue weighted by molar-refractivity contribution is 0.588. The minimum atomic E-state index is -0.116. The number of rotatable bonds is 2. The molecule has 1 rings (SSSR count). The highest BCUT2D eigenvalue weighted by atomic mass is 19.1. The highest BCUT2D eigenvalue weighted by Gasteiger charge is 2.05. The molecule has 0 saturated heterocycles. The molecule has 12 heavy (non-hydrogen) atoms. The molecule has 66 valence electrons. The first-order valence-electron chi connectivity index (χ1n) is 4.11. The molecule has 0 amide bonds. The summed E-state index contributed by atoms with van der Waals surface area (Å²) in [6, 6.07) is 5.42. The van der Waals surface area contributed by atoms with Crippen molar-refractivity contribution in [1.82, 2.24) is 0 Å². The Kier molecular flexibility index (Phi) is 2.82. The van der Waals surface area contributed by atoms with E-state index in [1.165, 1.54) is 0 Å². The van der Waals surface area contributed by atoms with Crippen molar-refractivity contribution in [3.63, 3.8) is 0 Å². The Morgan fingerprint density at radius 3 is 2.75 bits per heavy atom. The zero-order chi connectivity index (χ0) is 9.14. The Hall–Kier alpha value is -0.890. The number of halogens is 1. The Morgan fingerprint density at radius 2 is 2.17 bits per heavy atom. The van der Waals surface area contributed by atoms with Crippen LogP contribution in [0.25, 0.3) is 0 Å². The van der Waals surface area contributed by atoms with E-state index in [4.69, 9.17) is 5.73 Å². The van der Waals surface area contributed by atoms with Crippen LogP contribution in [0.5, 0.6) is 0 Å². The van der Waals surface area contributed by atoms with Crippen molar-refractivity contribution in [2.75, 3.05) is 0 Å². The quantitative estimate of drug-likeness (QED) is 0.716.